The number of hydrogen-bond donors (Lipinski definition) is 3. The summed E-state index contributed by atoms with van der Waals surface area (Å²) in [5, 5.41) is 15.9. The number of ether oxygens (including phenoxy) is 2. The number of carbonyl (C=O) groups is 1. The van der Waals surface area contributed by atoms with Crippen LogP contribution in [0.1, 0.15) is 12.8 Å². The molecule has 0 aromatic rings. The third-order valence-electron chi connectivity index (χ3n) is 3.41. The van der Waals surface area contributed by atoms with Crippen molar-refractivity contribution in [1.29, 1.82) is 0 Å². The average molecular weight is 244 g/mol. The lowest BCUT2D eigenvalue weighted by atomic mass is 10.0. The second-order valence-corrected chi connectivity index (χ2v) is 4.80. The summed E-state index contributed by atoms with van der Waals surface area (Å²) in [5.74, 6) is -0.0788. The molecular formula is C11H20N2O4. The highest BCUT2D eigenvalue weighted by Gasteiger charge is 2.34. The zero-order valence-electron chi connectivity index (χ0n) is 10.1. The van der Waals surface area contributed by atoms with Crippen molar-refractivity contribution >= 4 is 5.91 Å². The third-order valence-corrected chi connectivity index (χ3v) is 3.41. The summed E-state index contributed by atoms with van der Waals surface area (Å²) in [6.45, 7) is 1.80. The normalized spacial score (nSPS) is 37.3. The molecule has 0 saturated carbocycles. The van der Waals surface area contributed by atoms with Gasteiger partial charge in [0.2, 0.25) is 5.91 Å². The van der Waals surface area contributed by atoms with Crippen LogP contribution in [0.25, 0.3) is 0 Å². The van der Waals surface area contributed by atoms with Crippen molar-refractivity contribution in [1.82, 2.24) is 10.6 Å². The zero-order chi connectivity index (χ0) is 12.3. The van der Waals surface area contributed by atoms with E-state index in [1.807, 2.05) is 0 Å². The molecule has 17 heavy (non-hydrogen) atoms. The Morgan fingerprint density at radius 3 is 3.12 bits per heavy atom. The molecule has 6 heteroatoms. The first kappa shape index (κ1) is 12.8. The minimum atomic E-state index is -0.894. The quantitative estimate of drug-likeness (QED) is 0.568. The van der Waals surface area contributed by atoms with Crippen LogP contribution in [0.5, 0.6) is 0 Å². The largest absolute Gasteiger partial charge is 0.386 e. The van der Waals surface area contributed by atoms with E-state index >= 15 is 0 Å². The average Bonchev–Trinajstić information content (AvgIpc) is 2.95. The highest BCUT2D eigenvalue weighted by atomic mass is 16.5. The molecule has 0 aromatic heterocycles. The van der Waals surface area contributed by atoms with Gasteiger partial charge in [-0.15, -0.1) is 0 Å². The lowest BCUT2D eigenvalue weighted by Gasteiger charge is -2.21. The fourth-order valence-electron chi connectivity index (χ4n) is 2.19. The summed E-state index contributed by atoms with van der Waals surface area (Å²) < 4.78 is 10.3. The third kappa shape index (κ3) is 3.16. The molecule has 2 heterocycles. The Labute approximate surface area is 101 Å². The number of aliphatic hydroxyl groups is 1. The molecular weight excluding hydrogens is 224 g/mol. The molecule has 0 spiro atoms. The van der Waals surface area contributed by atoms with Crippen LogP contribution in [0.4, 0.5) is 0 Å². The maximum atomic E-state index is 11.8. The van der Waals surface area contributed by atoms with Crippen LogP contribution in [0, 0.1) is 0 Å². The van der Waals surface area contributed by atoms with Gasteiger partial charge in [0.15, 0.2) is 0 Å². The van der Waals surface area contributed by atoms with E-state index in [4.69, 9.17) is 9.47 Å². The first-order valence-corrected chi connectivity index (χ1v) is 5.97. The molecule has 0 radical (unpaired) electrons. The Hall–Kier alpha value is -0.690. The van der Waals surface area contributed by atoms with E-state index in [1.165, 1.54) is 0 Å². The molecule has 0 aromatic carbocycles. The molecule has 0 bridgehead atoms. The van der Waals surface area contributed by atoms with Crippen LogP contribution in [-0.2, 0) is 14.3 Å². The van der Waals surface area contributed by atoms with E-state index in [1.54, 1.807) is 7.11 Å². The number of rotatable bonds is 4. The van der Waals surface area contributed by atoms with Gasteiger partial charge in [0.25, 0.3) is 0 Å². The Balaban J connectivity index is 1.74. The summed E-state index contributed by atoms with van der Waals surface area (Å²) in [6, 6.07) is -0.217. The van der Waals surface area contributed by atoms with E-state index in [0.29, 0.717) is 32.6 Å². The van der Waals surface area contributed by atoms with Gasteiger partial charge in [0, 0.05) is 33.2 Å². The van der Waals surface area contributed by atoms with Crippen LogP contribution in [0.15, 0.2) is 0 Å². The molecule has 2 rings (SSSR count). The molecule has 0 aliphatic carbocycles. The van der Waals surface area contributed by atoms with Crippen LogP contribution in [0.3, 0.4) is 0 Å². The second kappa shape index (κ2) is 5.30. The van der Waals surface area contributed by atoms with E-state index in [-0.39, 0.29) is 24.6 Å². The molecule has 2 aliphatic heterocycles. The number of carbonyl (C=O) groups excluding carboxylic acids is 1. The Kier molecular flexibility index (Phi) is 3.98. The van der Waals surface area contributed by atoms with Crippen molar-refractivity contribution in [2.45, 2.75) is 30.6 Å². The maximum absolute atomic E-state index is 11.8. The van der Waals surface area contributed by atoms with E-state index in [9.17, 15) is 9.90 Å². The topological polar surface area (TPSA) is 79.8 Å². The first-order chi connectivity index (χ1) is 8.13. The molecule has 2 aliphatic rings. The smallest absolute Gasteiger partial charge is 0.237 e. The lowest BCUT2D eigenvalue weighted by Crippen LogP contribution is -2.48. The molecule has 3 atom stereocenters. The molecule has 6 nitrogen and oxygen atoms in total. The molecule has 98 valence electrons. The molecule has 3 N–H and O–H groups in total. The fourth-order valence-corrected chi connectivity index (χ4v) is 2.19. The van der Waals surface area contributed by atoms with Gasteiger partial charge in [-0.25, -0.2) is 0 Å². The fraction of sp³-hybridized carbons (Fsp3) is 0.909. The van der Waals surface area contributed by atoms with Crippen LogP contribution in [0.2, 0.25) is 0 Å². The second-order valence-electron chi connectivity index (χ2n) is 4.80. The highest BCUT2D eigenvalue weighted by molar-refractivity contribution is 5.82. The van der Waals surface area contributed by atoms with E-state index < -0.39 is 5.60 Å². The first-order valence-electron chi connectivity index (χ1n) is 5.97. The molecule has 1 amide bonds. The predicted molar refractivity (Wildman–Crippen MR) is 60.6 cm³/mol. The van der Waals surface area contributed by atoms with Gasteiger partial charge in [-0.3, -0.25) is 4.79 Å². The SMILES string of the molecule is COC1CNC(C(=O)NCC2(O)CCOC2)C1. The maximum Gasteiger partial charge on any atom is 0.237 e. The predicted octanol–water partition coefficient (Wildman–Crippen LogP) is -1.37. The van der Waals surface area contributed by atoms with E-state index in [0.717, 1.165) is 0 Å². The highest BCUT2D eigenvalue weighted by Crippen LogP contribution is 2.17. The Bertz CT molecular complexity index is 279. The van der Waals surface area contributed by atoms with Crippen molar-refractivity contribution < 1.29 is 19.4 Å². The van der Waals surface area contributed by atoms with Crippen molar-refractivity contribution in [3.63, 3.8) is 0 Å². The van der Waals surface area contributed by atoms with Gasteiger partial charge in [-0.2, -0.15) is 0 Å². The summed E-state index contributed by atoms with van der Waals surface area (Å²) in [5.41, 5.74) is -0.894. The van der Waals surface area contributed by atoms with Gasteiger partial charge in [0.05, 0.1) is 18.8 Å². The standard InChI is InChI=1S/C11H20N2O4/c1-16-8-4-9(12-5-8)10(14)13-6-11(15)2-3-17-7-11/h8-9,12,15H,2-7H2,1H3,(H,13,14). The summed E-state index contributed by atoms with van der Waals surface area (Å²) in [7, 11) is 1.64. The van der Waals surface area contributed by atoms with Crippen molar-refractivity contribution in [3.8, 4) is 0 Å². The molecule has 3 unspecified atom stereocenters. The summed E-state index contributed by atoms with van der Waals surface area (Å²) >= 11 is 0. The number of hydrogen-bond acceptors (Lipinski definition) is 5. The summed E-state index contributed by atoms with van der Waals surface area (Å²) in [4.78, 5) is 11.8. The van der Waals surface area contributed by atoms with E-state index in [2.05, 4.69) is 10.6 Å². The van der Waals surface area contributed by atoms with Crippen molar-refractivity contribution in [3.05, 3.63) is 0 Å². The molecule has 2 fully saturated rings. The van der Waals surface area contributed by atoms with Gasteiger partial charge < -0.3 is 25.2 Å². The van der Waals surface area contributed by atoms with Crippen LogP contribution in [-0.4, -0.2) is 62.2 Å². The van der Waals surface area contributed by atoms with Gasteiger partial charge in [-0.05, 0) is 6.42 Å². The minimum Gasteiger partial charge on any atom is -0.386 e. The van der Waals surface area contributed by atoms with Gasteiger partial charge in [0.1, 0.15) is 5.60 Å². The Morgan fingerprint density at radius 1 is 1.71 bits per heavy atom. The zero-order valence-corrected chi connectivity index (χ0v) is 10.1. The van der Waals surface area contributed by atoms with Crippen molar-refractivity contribution in [2.24, 2.45) is 0 Å². The van der Waals surface area contributed by atoms with Gasteiger partial charge in [-0.1, -0.05) is 0 Å². The lowest BCUT2D eigenvalue weighted by molar-refractivity contribution is -0.124. The van der Waals surface area contributed by atoms with Crippen LogP contribution < -0.4 is 10.6 Å². The van der Waals surface area contributed by atoms with Gasteiger partial charge >= 0.3 is 0 Å². The minimum absolute atomic E-state index is 0.0788. The molecule has 2 saturated heterocycles. The number of nitrogens with one attached hydrogen (secondary N) is 2. The van der Waals surface area contributed by atoms with Crippen LogP contribution >= 0.6 is 0 Å². The summed E-state index contributed by atoms with van der Waals surface area (Å²) in [6.07, 6.45) is 1.35. The monoisotopic (exact) mass is 244 g/mol. The van der Waals surface area contributed by atoms with Crippen molar-refractivity contribution in [2.75, 3.05) is 33.4 Å². The Morgan fingerprint density at radius 2 is 2.53 bits per heavy atom. The number of amides is 1. The number of methoxy groups -OCH3 is 1.